The molecule has 0 radical (unpaired) electrons. The minimum Gasteiger partial charge on any atom is -0.320 e. The molecule has 1 aromatic carbocycles. The maximum absolute atomic E-state index is 12.3. The van der Waals surface area contributed by atoms with Crippen LogP contribution in [0.5, 0.6) is 0 Å². The predicted octanol–water partition coefficient (Wildman–Crippen LogP) is 1.22. The molecule has 0 spiro atoms. The Balaban J connectivity index is 1.92. The second kappa shape index (κ2) is 5.65. The van der Waals surface area contributed by atoms with E-state index in [1.165, 1.54) is 17.0 Å². The van der Waals surface area contributed by atoms with Gasteiger partial charge in [-0.1, -0.05) is 12.1 Å². The van der Waals surface area contributed by atoms with Crippen LogP contribution in [0, 0.1) is 0 Å². The molecule has 0 fully saturated rings. The number of hydrogen-bond acceptors (Lipinski definition) is 4. The van der Waals surface area contributed by atoms with Gasteiger partial charge in [0.05, 0.1) is 11.4 Å². The van der Waals surface area contributed by atoms with Crippen LogP contribution in [0.1, 0.15) is 10.4 Å². The summed E-state index contributed by atoms with van der Waals surface area (Å²) in [6.45, 7) is 0. The number of benzene rings is 1. The quantitative estimate of drug-likeness (QED) is 0.787. The number of carbonyl (C=O) groups excluding carboxylic acids is 1. The highest BCUT2D eigenvalue weighted by Crippen LogP contribution is 2.19. The number of nitrogens with zero attached hydrogens (tertiary/aromatic N) is 4. The van der Waals surface area contributed by atoms with Gasteiger partial charge >= 0.3 is 0 Å². The Morgan fingerprint density at radius 3 is 2.77 bits per heavy atom. The van der Waals surface area contributed by atoms with Crippen LogP contribution in [0.2, 0.25) is 0 Å². The summed E-state index contributed by atoms with van der Waals surface area (Å²) in [4.78, 5) is 27.8. The molecule has 0 aliphatic carbocycles. The van der Waals surface area contributed by atoms with Gasteiger partial charge in [-0.15, -0.1) is 0 Å². The smallest absolute Gasteiger partial charge is 0.255 e. The van der Waals surface area contributed by atoms with Crippen LogP contribution >= 0.6 is 0 Å². The fourth-order valence-electron chi connectivity index (χ4n) is 2.00. The number of nitrogens with one attached hydrogen (secondary N) is 1. The van der Waals surface area contributed by atoms with E-state index in [-0.39, 0.29) is 11.5 Å². The van der Waals surface area contributed by atoms with E-state index in [9.17, 15) is 9.59 Å². The van der Waals surface area contributed by atoms with E-state index in [4.69, 9.17) is 0 Å². The molecule has 3 aromatic rings. The van der Waals surface area contributed by atoms with Crippen molar-refractivity contribution in [3.63, 3.8) is 0 Å². The highest BCUT2D eigenvalue weighted by molar-refractivity contribution is 6.05. The summed E-state index contributed by atoms with van der Waals surface area (Å²) in [5, 5.41) is 6.84. The van der Waals surface area contributed by atoms with Crippen LogP contribution < -0.4 is 10.9 Å². The van der Waals surface area contributed by atoms with Crippen LogP contribution in [0.25, 0.3) is 5.69 Å². The lowest BCUT2D eigenvalue weighted by Crippen LogP contribution is -2.20. The van der Waals surface area contributed by atoms with Gasteiger partial charge in [-0.2, -0.15) is 5.10 Å². The highest BCUT2D eigenvalue weighted by atomic mass is 16.2. The molecule has 2 heterocycles. The Kier molecular flexibility index (Phi) is 3.53. The van der Waals surface area contributed by atoms with Crippen molar-refractivity contribution in [2.24, 2.45) is 7.05 Å². The van der Waals surface area contributed by atoms with E-state index in [2.05, 4.69) is 15.4 Å². The van der Waals surface area contributed by atoms with Crippen LogP contribution in [0.4, 0.5) is 5.69 Å². The standard InChI is InChI=1S/C15H13N5O2/c1-19-7-6-11(8-14(19)21)15(22)18-12-4-2-3-5-13(12)20-10-16-9-17-20/h2-10H,1H3,(H,18,22). The Morgan fingerprint density at radius 1 is 1.23 bits per heavy atom. The van der Waals surface area contributed by atoms with E-state index in [0.29, 0.717) is 16.9 Å². The van der Waals surface area contributed by atoms with Gasteiger partial charge in [0.15, 0.2) is 0 Å². The molecule has 0 aliphatic heterocycles. The maximum atomic E-state index is 12.3. The van der Waals surface area contributed by atoms with Crippen molar-refractivity contribution in [2.45, 2.75) is 0 Å². The molecule has 0 aliphatic rings. The summed E-state index contributed by atoms with van der Waals surface area (Å²) < 4.78 is 2.96. The van der Waals surface area contributed by atoms with E-state index in [1.807, 2.05) is 12.1 Å². The molecule has 110 valence electrons. The number of hydrogen-bond donors (Lipinski definition) is 1. The lowest BCUT2D eigenvalue weighted by atomic mass is 10.2. The molecule has 1 N–H and O–H groups in total. The average molecular weight is 295 g/mol. The molecule has 0 bridgehead atoms. The Hall–Kier alpha value is -3.22. The van der Waals surface area contributed by atoms with Gasteiger partial charge < -0.3 is 9.88 Å². The fraction of sp³-hybridized carbons (Fsp3) is 0.0667. The fourth-order valence-corrected chi connectivity index (χ4v) is 2.00. The Bertz CT molecular complexity index is 868. The molecule has 0 saturated carbocycles. The molecular formula is C15H13N5O2. The SMILES string of the molecule is Cn1ccc(C(=O)Nc2ccccc2-n2cncn2)cc1=O. The van der Waals surface area contributed by atoms with E-state index < -0.39 is 0 Å². The van der Waals surface area contributed by atoms with Crippen LogP contribution in [-0.2, 0) is 7.05 Å². The lowest BCUT2D eigenvalue weighted by molar-refractivity contribution is 0.102. The number of pyridine rings is 1. The summed E-state index contributed by atoms with van der Waals surface area (Å²) in [5.74, 6) is -0.356. The van der Waals surface area contributed by atoms with Crippen molar-refractivity contribution in [3.05, 3.63) is 71.2 Å². The molecule has 7 heteroatoms. The van der Waals surface area contributed by atoms with Gasteiger partial charge in [-0.05, 0) is 18.2 Å². The molecule has 0 atom stereocenters. The van der Waals surface area contributed by atoms with E-state index >= 15 is 0 Å². The first-order valence-electron chi connectivity index (χ1n) is 6.57. The third-order valence-corrected chi connectivity index (χ3v) is 3.18. The monoisotopic (exact) mass is 295 g/mol. The molecule has 0 unspecified atom stereocenters. The lowest BCUT2D eigenvalue weighted by Gasteiger charge is -2.10. The first-order valence-corrected chi connectivity index (χ1v) is 6.57. The summed E-state index contributed by atoms with van der Waals surface area (Å²) >= 11 is 0. The minimum absolute atomic E-state index is 0.239. The zero-order chi connectivity index (χ0) is 15.5. The van der Waals surface area contributed by atoms with E-state index in [0.717, 1.165) is 0 Å². The summed E-state index contributed by atoms with van der Waals surface area (Å²) in [7, 11) is 1.63. The van der Waals surface area contributed by atoms with Gasteiger partial charge in [0.1, 0.15) is 12.7 Å². The number of amides is 1. The molecule has 7 nitrogen and oxygen atoms in total. The number of aryl methyl sites for hydroxylation is 1. The zero-order valence-electron chi connectivity index (χ0n) is 11.8. The van der Waals surface area contributed by atoms with Crippen LogP contribution in [-0.4, -0.2) is 25.2 Å². The van der Waals surface area contributed by atoms with Gasteiger partial charge in [0.25, 0.3) is 11.5 Å². The summed E-state index contributed by atoms with van der Waals surface area (Å²) in [6.07, 6.45) is 4.52. The first kappa shape index (κ1) is 13.7. The molecule has 2 aromatic heterocycles. The van der Waals surface area contributed by atoms with Crippen molar-refractivity contribution < 1.29 is 4.79 Å². The van der Waals surface area contributed by atoms with Crippen molar-refractivity contribution in [1.82, 2.24) is 19.3 Å². The number of para-hydroxylation sites is 2. The molecule has 22 heavy (non-hydrogen) atoms. The maximum Gasteiger partial charge on any atom is 0.255 e. The van der Waals surface area contributed by atoms with E-state index in [1.54, 1.807) is 42.5 Å². The molecule has 3 rings (SSSR count). The second-order valence-corrected chi connectivity index (χ2v) is 4.68. The first-order chi connectivity index (χ1) is 10.6. The number of rotatable bonds is 3. The highest BCUT2D eigenvalue weighted by Gasteiger charge is 2.11. The number of anilines is 1. The van der Waals surface area contributed by atoms with Crippen molar-refractivity contribution in [1.29, 1.82) is 0 Å². The van der Waals surface area contributed by atoms with Crippen LogP contribution in [0.3, 0.4) is 0 Å². The largest absolute Gasteiger partial charge is 0.320 e. The van der Waals surface area contributed by atoms with Crippen molar-refractivity contribution in [2.75, 3.05) is 5.32 Å². The summed E-state index contributed by atoms with van der Waals surface area (Å²) in [6, 6.07) is 10.1. The predicted molar refractivity (Wildman–Crippen MR) is 81.0 cm³/mol. The zero-order valence-corrected chi connectivity index (χ0v) is 11.8. The Labute approximate surface area is 125 Å². The Morgan fingerprint density at radius 2 is 2.05 bits per heavy atom. The van der Waals surface area contributed by atoms with Gasteiger partial charge in [-0.25, -0.2) is 9.67 Å². The number of carbonyl (C=O) groups is 1. The third-order valence-electron chi connectivity index (χ3n) is 3.18. The molecular weight excluding hydrogens is 282 g/mol. The topological polar surface area (TPSA) is 81.8 Å². The minimum atomic E-state index is -0.356. The summed E-state index contributed by atoms with van der Waals surface area (Å²) in [5.41, 5.74) is 1.34. The molecule has 1 amide bonds. The second-order valence-electron chi connectivity index (χ2n) is 4.68. The average Bonchev–Trinajstić information content (AvgIpc) is 3.04. The van der Waals surface area contributed by atoms with Gasteiger partial charge in [-0.3, -0.25) is 9.59 Å². The van der Waals surface area contributed by atoms with Gasteiger partial charge in [0.2, 0.25) is 0 Å². The van der Waals surface area contributed by atoms with Crippen molar-refractivity contribution in [3.8, 4) is 5.69 Å². The van der Waals surface area contributed by atoms with Gasteiger partial charge in [0, 0.05) is 24.9 Å². The molecule has 0 saturated heterocycles. The normalized spacial score (nSPS) is 10.4. The third kappa shape index (κ3) is 2.64. The van der Waals surface area contributed by atoms with Crippen molar-refractivity contribution >= 4 is 11.6 Å². The van der Waals surface area contributed by atoms with Crippen LogP contribution in [0.15, 0.2) is 60.0 Å². The number of aromatic nitrogens is 4.